The van der Waals surface area contributed by atoms with Gasteiger partial charge in [0.25, 0.3) is 0 Å². The van der Waals surface area contributed by atoms with Crippen LogP contribution in [0.5, 0.6) is 0 Å². The summed E-state index contributed by atoms with van der Waals surface area (Å²) in [7, 11) is 0. The van der Waals surface area contributed by atoms with Crippen molar-refractivity contribution in [1.82, 2.24) is 5.48 Å². The molecule has 0 amide bonds. The Morgan fingerprint density at radius 1 is 1.44 bits per heavy atom. The van der Waals surface area contributed by atoms with Crippen molar-refractivity contribution in [2.45, 2.75) is 30.4 Å². The first-order chi connectivity index (χ1) is 7.75. The molecule has 0 saturated heterocycles. The second-order valence-corrected chi connectivity index (χ2v) is 5.95. The van der Waals surface area contributed by atoms with Crippen molar-refractivity contribution in [1.29, 1.82) is 0 Å². The maximum atomic E-state index is 5.39. The lowest BCUT2D eigenvalue weighted by Gasteiger charge is -2.11. The van der Waals surface area contributed by atoms with Crippen LogP contribution < -0.4 is 5.48 Å². The average molecular weight is 237 g/mol. The molecule has 0 fully saturated rings. The molecule has 0 bridgehead atoms. The molecule has 1 atom stereocenters. The van der Waals surface area contributed by atoms with Crippen molar-refractivity contribution in [2.24, 2.45) is 5.92 Å². The highest BCUT2D eigenvalue weighted by Gasteiger charge is 2.21. The lowest BCUT2D eigenvalue weighted by Crippen LogP contribution is -2.26. The maximum Gasteiger partial charge on any atom is 0.0705 e. The predicted octanol–water partition coefficient (Wildman–Crippen LogP) is 2.88. The van der Waals surface area contributed by atoms with Gasteiger partial charge >= 0.3 is 0 Å². The molecule has 0 radical (unpaired) electrons. The second kappa shape index (κ2) is 5.71. The molecule has 3 heteroatoms. The smallest absolute Gasteiger partial charge is 0.0705 e. The molecular weight excluding hydrogens is 218 g/mol. The number of hydroxylamine groups is 1. The number of nitrogens with one attached hydrogen (secondary N) is 1. The zero-order chi connectivity index (χ0) is 11.4. The van der Waals surface area contributed by atoms with Gasteiger partial charge in [0, 0.05) is 16.7 Å². The molecule has 2 nitrogen and oxygen atoms in total. The molecule has 0 aliphatic carbocycles. The summed E-state index contributed by atoms with van der Waals surface area (Å²) in [6.07, 6.45) is 1.15. The van der Waals surface area contributed by atoms with Gasteiger partial charge in [-0.05, 0) is 24.0 Å². The Kier molecular flexibility index (Phi) is 4.27. The molecule has 1 aliphatic rings. The van der Waals surface area contributed by atoms with Gasteiger partial charge in [-0.25, -0.2) is 5.48 Å². The number of hydrogen-bond acceptors (Lipinski definition) is 3. The summed E-state index contributed by atoms with van der Waals surface area (Å²) in [5.74, 6) is 0.584. The van der Waals surface area contributed by atoms with Crippen molar-refractivity contribution in [3.63, 3.8) is 0 Å². The fraction of sp³-hybridized carbons (Fsp3) is 0.538. The fourth-order valence-electron chi connectivity index (χ4n) is 1.75. The molecule has 1 aromatic carbocycles. The zero-order valence-electron chi connectivity index (χ0n) is 9.90. The highest BCUT2D eigenvalue weighted by molar-refractivity contribution is 8.00. The lowest BCUT2D eigenvalue weighted by molar-refractivity contribution is 0.0245. The topological polar surface area (TPSA) is 21.3 Å². The van der Waals surface area contributed by atoms with Crippen LogP contribution in [0.15, 0.2) is 29.2 Å². The maximum absolute atomic E-state index is 5.39. The third-order valence-electron chi connectivity index (χ3n) is 2.54. The summed E-state index contributed by atoms with van der Waals surface area (Å²) < 4.78 is 0. The highest BCUT2D eigenvalue weighted by atomic mass is 32.2. The Labute approximate surface area is 102 Å². The molecule has 1 aromatic rings. The van der Waals surface area contributed by atoms with E-state index in [0.717, 1.165) is 19.6 Å². The number of thioether (sulfide) groups is 1. The molecule has 2 rings (SSSR count). The molecular formula is C13H19NOS. The second-order valence-electron chi connectivity index (χ2n) is 4.61. The first-order valence-corrected chi connectivity index (χ1v) is 6.73. The normalized spacial score (nSPS) is 19.1. The van der Waals surface area contributed by atoms with Gasteiger partial charge in [-0.1, -0.05) is 32.0 Å². The molecule has 1 aliphatic heterocycles. The predicted molar refractivity (Wildman–Crippen MR) is 68.6 cm³/mol. The van der Waals surface area contributed by atoms with Crippen LogP contribution in [-0.4, -0.2) is 18.4 Å². The van der Waals surface area contributed by atoms with E-state index in [4.69, 9.17) is 4.84 Å². The van der Waals surface area contributed by atoms with Gasteiger partial charge < -0.3 is 4.84 Å². The van der Waals surface area contributed by atoms with Crippen LogP contribution in [-0.2, 0) is 11.3 Å². The summed E-state index contributed by atoms with van der Waals surface area (Å²) in [6.45, 7) is 6.01. The van der Waals surface area contributed by atoms with Crippen LogP contribution in [0.4, 0.5) is 0 Å². The van der Waals surface area contributed by atoms with E-state index in [1.807, 2.05) is 11.8 Å². The quantitative estimate of drug-likeness (QED) is 0.628. The van der Waals surface area contributed by atoms with Crippen LogP contribution >= 0.6 is 11.8 Å². The minimum absolute atomic E-state index is 0.584. The number of fused-ring (bicyclic) bond motifs is 1. The largest absolute Gasteiger partial charge is 0.302 e. The van der Waals surface area contributed by atoms with E-state index >= 15 is 0 Å². The average Bonchev–Trinajstić information content (AvgIpc) is 2.66. The molecule has 1 heterocycles. The third-order valence-corrected chi connectivity index (χ3v) is 3.86. The van der Waals surface area contributed by atoms with Crippen LogP contribution in [0.2, 0.25) is 0 Å². The zero-order valence-corrected chi connectivity index (χ0v) is 10.7. The Morgan fingerprint density at radius 3 is 3.00 bits per heavy atom. The van der Waals surface area contributed by atoms with E-state index in [1.54, 1.807) is 0 Å². The minimum Gasteiger partial charge on any atom is -0.302 e. The first-order valence-electron chi connectivity index (χ1n) is 5.85. The third kappa shape index (κ3) is 3.24. The lowest BCUT2D eigenvalue weighted by atomic mass is 10.1. The summed E-state index contributed by atoms with van der Waals surface area (Å²) >= 11 is 1.95. The molecule has 16 heavy (non-hydrogen) atoms. The van der Waals surface area contributed by atoms with E-state index < -0.39 is 0 Å². The first kappa shape index (κ1) is 12.0. The summed E-state index contributed by atoms with van der Waals surface area (Å²) in [4.78, 5) is 6.82. The summed E-state index contributed by atoms with van der Waals surface area (Å²) in [6, 6.07) is 8.65. The standard InChI is InChI=1S/C13H19NOS/c1-10(2)9-15-14-8-12-7-11-5-3-4-6-13(11)16-12/h3-6,10,12,14H,7-9H2,1-2H3. The Bertz CT molecular complexity index is 315. The van der Waals surface area contributed by atoms with Crippen LogP contribution in [0, 0.1) is 5.92 Å². The van der Waals surface area contributed by atoms with E-state index in [2.05, 4.69) is 43.6 Å². The summed E-state index contributed by atoms with van der Waals surface area (Å²) in [5.41, 5.74) is 4.55. The molecule has 1 N–H and O–H groups in total. The molecule has 0 spiro atoms. The summed E-state index contributed by atoms with van der Waals surface area (Å²) in [5, 5.41) is 0.615. The van der Waals surface area contributed by atoms with Crippen LogP contribution in [0.25, 0.3) is 0 Å². The van der Waals surface area contributed by atoms with Crippen LogP contribution in [0.1, 0.15) is 19.4 Å². The van der Waals surface area contributed by atoms with Gasteiger partial charge in [-0.15, -0.1) is 11.8 Å². The van der Waals surface area contributed by atoms with Gasteiger partial charge in [-0.3, -0.25) is 0 Å². The van der Waals surface area contributed by atoms with Gasteiger partial charge in [0.2, 0.25) is 0 Å². The van der Waals surface area contributed by atoms with Gasteiger partial charge in [0.05, 0.1) is 6.61 Å². The van der Waals surface area contributed by atoms with Crippen LogP contribution in [0.3, 0.4) is 0 Å². The monoisotopic (exact) mass is 237 g/mol. The van der Waals surface area contributed by atoms with E-state index in [-0.39, 0.29) is 0 Å². The van der Waals surface area contributed by atoms with Gasteiger partial charge in [0.1, 0.15) is 0 Å². The molecule has 88 valence electrons. The Morgan fingerprint density at radius 2 is 2.25 bits per heavy atom. The van der Waals surface area contributed by atoms with Crippen molar-refractivity contribution in [2.75, 3.05) is 13.2 Å². The van der Waals surface area contributed by atoms with E-state index in [9.17, 15) is 0 Å². The highest BCUT2D eigenvalue weighted by Crippen LogP contribution is 2.36. The van der Waals surface area contributed by atoms with Crippen molar-refractivity contribution in [3.8, 4) is 0 Å². The Balaban J connectivity index is 1.71. The number of hydrogen-bond donors (Lipinski definition) is 1. The fourth-order valence-corrected chi connectivity index (χ4v) is 2.98. The van der Waals surface area contributed by atoms with Gasteiger partial charge in [-0.2, -0.15) is 0 Å². The molecule has 1 unspecified atom stereocenters. The van der Waals surface area contributed by atoms with Crippen molar-refractivity contribution < 1.29 is 4.84 Å². The van der Waals surface area contributed by atoms with E-state index in [1.165, 1.54) is 10.5 Å². The van der Waals surface area contributed by atoms with E-state index in [0.29, 0.717) is 11.2 Å². The van der Waals surface area contributed by atoms with Gasteiger partial charge in [0.15, 0.2) is 0 Å². The van der Waals surface area contributed by atoms with Crippen molar-refractivity contribution >= 4 is 11.8 Å². The van der Waals surface area contributed by atoms with Crippen molar-refractivity contribution in [3.05, 3.63) is 29.8 Å². The number of rotatable bonds is 5. The SMILES string of the molecule is CC(C)CONCC1Cc2ccccc2S1. The molecule has 0 saturated carbocycles. The molecule has 0 aromatic heterocycles. The minimum atomic E-state index is 0.584. The number of benzene rings is 1. The Hall–Kier alpha value is -0.510.